The lowest BCUT2D eigenvalue weighted by atomic mass is 10.3. The van der Waals surface area contributed by atoms with Gasteiger partial charge in [0.05, 0.1) is 13.2 Å². The largest absolute Gasteiger partial charge is 0.379 e. The maximum Gasteiger partial charge on any atom is 0.214 e. The topological polar surface area (TPSA) is 37.4 Å². The van der Waals surface area contributed by atoms with E-state index in [1.165, 1.54) is 6.07 Å². The standard InChI is InChI=1S/C12H18FN3O/c1-10(9-16-5-7-17-8-6-16)14-12-4-2-3-11(13)15-12/h2-4,10H,5-9H2,1H3,(H,14,15). The minimum Gasteiger partial charge on any atom is -0.379 e. The molecule has 2 heterocycles. The van der Waals surface area contributed by atoms with Crippen molar-refractivity contribution >= 4 is 5.82 Å². The van der Waals surface area contributed by atoms with Gasteiger partial charge in [-0.25, -0.2) is 4.98 Å². The number of rotatable bonds is 4. The second-order valence-electron chi connectivity index (χ2n) is 4.30. The van der Waals surface area contributed by atoms with Gasteiger partial charge in [0.15, 0.2) is 0 Å². The van der Waals surface area contributed by atoms with Crippen molar-refractivity contribution < 1.29 is 9.13 Å². The molecule has 0 aliphatic carbocycles. The Hall–Kier alpha value is -1.20. The van der Waals surface area contributed by atoms with Crippen molar-refractivity contribution in [3.05, 3.63) is 24.1 Å². The zero-order valence-electron chi connectivity index (χ0n) is 10.0. The number of halogens is 1. The van der Waals surface area contributed by atoms with E-state index in [4.69, 9.17) is 4.74 Å². The summed E-state index contributed by atoms with van der Waals surface area (Å²) in [7, 11) is 0. The van der Waals surface area contributed by atoms with Gasteiger partial charge in [-0.05, 0) is 19.1 Å². The normalized spacial score (nSPS) is 18.9. The highest BCUT2D eigenvalue weighted by molar-refractivity contribution is 5.34. The van der Waals surface area contributed by atoms with Gasteiger partial charge in [-0.2, -0.15) is 4.39 Å². The van der Waals surface area contributed by atoms with E-state index in [1.807, 2.05) is 0 Å². The Morgan fingerprint density at radius 2 is 2.24 bits per heavy atom. The lowest BCUT2D eigenvalue weighted by molar-refractivity contribution is 0.0368. The molecule has 0 saturated carbocycles. The van der Waals surface area contributed by atoms with Crippen LogP contribution >= 0.6 is 0 Å². The summed E-state index contributed by atoms with van der Waals surface area (Å²) in [5.74, 6) is 0.138. The third-order valence-corrected chi connectivity index (χ3v) is 2.75. The van der Waals surface area contributed by atoms with Gasteiger partial charge in [0, 0.05) is 25.7 Å². The van der Waals surface area contributed by atoms with Crippen molar-refractivity contribution in [2.75, 3.05) is 38.2 Å². The molecule has 1 saturated heterocycles. The average molecular weight is 239 g/mol. The van der Waals surface area contributed by atoms with Crippen LogP contribution in [0.4, 0.5) is 10.2 Å². The Balaban J connectivity index is 1.82. The first-order chi connectivity index (χ1) is 8.24. The molecule has 1 aromatic heterocycles. The van der Waals surface area contributed by atoms with Crippen LogP contribution in [0.2, 0.25) is 0 Å². The summed E-state index contributed by atoms with van der Waals surface area (Å²) in [5.41, 5.74) is 0. The lowest BCUT2D eigenvalue weighted by Crippen LogP contribution is -2.42. The summed E-state index contributed by atoms with van der Waals surface area (Å²) in [6.45, 7) is 6.50. The maximum atomic E-state index is 12.9. The minimum atomic E-state index is -0.450. The Labute approximate surface area is 101 Å². The van der Waals surface area contributed by atoms with E-state index >= 15 is 0 Å². The first kappa shape index (κ1) is 12.3. The van der Waals surface area contributed by atoms with Crippen molar-refractivity contribution in [2.45, 2.75) is 13.0 Å². The fourth-order valence-corrected chi connectivity index (χ4v) is 1.96. The molecule has 0 amide bonds. The molecule has 94 valence electrons. The van der Waals surface area contributed by atoms with E-state index < -0.39 is 5.95 Å². The van der Waals surface area contributed by atoms with Crippen LogP contribution in [0.25, 0.3) is 0 Å². The Morgan fingerprint density at radius 1 is 1.47 bits per heavy atom. The average Bonchev–Trinajstić information content (AvgIpc) is 2.30. The number of nitrogens with zero attached hydrogens (tertiary/aromatic N) is 2. The highest BCUT2D eigenvalue weighted by Gasteiger charge is 2.13. The molecule has 1 aromatic rings. The molecule has 0 bridgehead atoms. The van der Waals surface area contributed by atoms with Crippen LogP contribution in [0.15, 0.2) is 18.2 Å². The summed E-state index contributed by atoms with van der Waals surface area (Å²) in [4.78, 5) is 6.12. The summed E-state index contributed by atoms with van der Waals surface area (Å²) < 4.78 is 18.2. The molecule has 0 radical (unpaired) electrons. The van der Waals surface area contributed by atoms with Gasteiger partial charge in [-0.3, -0.25) is 4.90 Å². The molecule has 1 aliphatic heterocycles. The molecule has 1 aliphatic rings. The molecule has 4 nitrogen and oxygen atoms in total. The van der Waals surface area contributed by atoms with Gasteiger partial charge >= 0.3 is 0 Å². The van der Waals surface area contributed by atoms with Crippen LogP contribution in [0.3, 0.4) is 0 Å². The van der Waals surface area contributed by atoms with Crippen LogP contribution < -0.4 is 5.32 Å². The van der Waals surface area contributed by atoms with Crippen molar-refractivity contribution in [3.63, 3.8) is 0 Å². The first-order valence-electron chi connectivity index (χ1n) is 5.93. The van der Waals surface area contributed by atoms with Crippen LogP contribution in [-0.4, -0.2) is 48.8 Å². The Kier molecular flexibility index (Phi) is 4.28. The summed E-state index contributed by atoms with van der Waals surface area (Å²) in [5, 5.41) is 3.20. The van der Waals surface area contributed by atoms with Crippen LogP contribution in [0.5, 0.6) is 0 Å². The smallest absolute Gasteiger partial charge is 0.214 e. The fourth-order valence-electron chi connectivity index (χ4n) is 1.96. The highest BCUT2D eigenvalue weighted by Crippen LogP contribution is 2.07. The van der Waals surface area contributed by atoms with E-state index in [-0.39, 0.29) is 6.04 Å². The molecule has 1 unspecified atom stereocenters. The predicted molar refractivity (Wildman–Crippen MR) is 64.5 cm³/mol. The van der Waals surface area contributed by atoms with E-state index in [1.54, 1.807) is 12.1 Å². The monoisotopic (exact) mass is 239 g/mol. The Bertz CT molecular complexity index is 355. The van der Waals surface area contributed by atoms with Gasteiger partial charge in [0.1, 0.15) is 5.82 Å². The molecule has 1 N–H and O–H groups in total. The molecule has 1 atom stereocenters. The number of nitrogens with one attached hydrogen (secondary N) is 1. The van der Waals surface area contributed by atoms with Crippen molar-refractivity contribution in [1.29, 1.82) is 0 Å². The number of aromatic nitrogens is 1. The van der Waals surface area contributed by atoms with Crippen molar-refractivity contribution in [2.24, 2.45) is 0 Å². The molecule has 0 aromatic carbocycles. The minimum absolute atomic E-state index is 0.238. The van der Waals surface area contributed by atoms with Gasteiger partial charge in [-0.15, -0.1) is 0 Å². The number of hydrogen-bond acceptors (Lipinski definition) is 4. The summed E-state index contributed by atoms with van der Waals surface area (Å²) >= 11 is 0. The molecular weight excluding hydrogens is 221 g/mol. The number of anilines is 1. The number of ether oxygens (including phenoxy) is 1. The summed E-state index contributed by atoms with van der Waals surface area (Å²) in [6.07, 6.45) is 0. The SMILES string of the molecule is CC(CN1CCOCC1)Nc1cccc(F)n1. The second kappa shape index (κ2) is 5.93. The van der Waals surface area contributed by atoms with E-state index in [9.17, 15) is 4.39 Å². The highest BCUT2D eigenvalue weighted by atomic mass is 19.1. The molecular formula is C12H18FN3O. The quantitative estimate of drug-likeness (QED) is 0.805. The van der Waals surface area contributed by atoms with Gasteiger partial charge < -0.3 is 10.1 Å². The van der Waals surface area contributed by atoms with E-state index in [0.29, 0.717) is 5.82 Å². The van der Waals surface area contributed by atoms with Crippen molar-refractivity contribution in [1.82, 2.24) is 9.88 Å². The van der Waals surface area contributed by atoms with E-state index in [2.05, 4.69) is 22.1 Å². The van der Waals surface area contributed by atoms with Gasteiger partial charge in [0.25, 0.3) is 0 Å². The Morgan fingerprint density at radius 3 is 2.94 bits per heavy atom. The molecule has 1 fully saturated rings. The third kappa shape index (κ3) is 3.94. The molecule has 5 heteroatoms. The zero-order valence-corrected chi connectivity index (χ0v) is 10.0. The predicted octanol–water partition coefficient (Wildman–Crippen LogP) is 1.35. The van der Waals surface area contributed by atoms with Crippen LogP contribution in [0.1, 0.15) is 6.92 Å². The van der Waals surface area contributed by atoms with Crippen LogP contribution in [-0.2, 0) is 4.74 Å². The first-order valence-corrected chi connectivity index (χ1v) is 5.93. The molecule has 2 rings (SSSR count). The fraction of sp³-hybridized carbons (Fsp3) is 0.583. The van der Waals surface area contributed by atoms with Gasteiger partial charge in [0.2, 0.25) is 5.95 Å². The number of morpholine rings is 1. The van der Waals surface area contributed by atoms with Crippen LogP contribution in [0, 0.1) is 5.95 Å². The second-order valence-corrected chi connectivity index (χ2v) is 4.30. The van der Waals surface area contributed by atoms with E-state index in [0.717, 1.165) is 32.8 Å². The maximum absolute atomic E-state index is 12.9. The third-order valence-electron chi connectivity index (χ3n) is 2.75. The van der Waals surface area contributed by atoms with Gasteiger partial charge in [-0.1, -0.05) is 6.07 Å². The molecule has 17 heavy (non-hydrogen) atoms. The number of pyridine rings is 1. The summed E-state index contributed by atoms with van der Waals surface area (Å²) in [6, 6.07) is 5.02. The molecule has 0 spiro atoms. The zero-order chi connectivity index (χ0) is 12.1. The number of hydrogen-bond donors (Lipinski definition) is 1. The lowest BCUT2D eigenvalue weighted by Gasteiger charge is -2.29. The van der Waals surface area contributed by atoms with Crippen molar-refractivity contribution in [3.8, 4) is 0 Å².